The molecule has 0 saturated carbocycles. The Morgan fingerprint density at radius 2 is 1.65 bits per heavy atom. The highest BCUT2D eigenvalue weighted by atomic mass is 19.4. The van der Waals surface area contributed by atoms with Crippen molar-refractivity contribution in [1.82, 2.24) is 4.90 Å². The number of halogens is 7. The molecule has 1 nitrogen and oxygen atoms in total. The molecule has 0 aromatic heterocycles. The molecule has 1 aromatic rings. The molecule has 8 heteroatoms. The first-order valence-corrected chi connectivity index (χ1v) is 5.60. The van der Waals surface area contributed by atoms with E-state index in [2.05, 4.69) is 0 Å². The number of benzene rings is 1. The fourth-order valence-corrected chi connectivity index (χ4v) is 1.64. The molecule has 0 unspecified atom stereocenters. The SMILES string of the molecule is CN(CCC(F)(F)F)Cc1ccc(F)cc1C(F)(F)F. The first-order valence-electron chi connectivity index (χ1n) is 5.60. The minimum Gasteiger partial charge on any atom is -0.302 e. The highest BCUT2D eigenvalue weighted by Gasteiger charge is 2.34. The fourth-order valence-electron chi connectivity index (χ4n) is 1.64. The maximum Gasteiger partial charge on any atom is 0.416 e. The van der Waals surface area contributed by atoms with Crippen LogP contribution in [0.25, 0.3) is 0 Å². The summed E-state index contributed by atoms with van der Waals surface area (Å²) in [5.74, 6) is -1.04. The van der Waals surface area contributed by atoms with Gasteiger partial charge >= 0.3 is 12.4 Å². The molecular formula is C12H12F7N. The molecule has 0 aliphatic carbocycles. The van der Waals surface area contributed by atoms with E-state index in [9.17, 15) is 30.7 Å². The summed E-state index contributed by atoms with van der Waals surface area (Å²) in [7, 11) is 1.27. The number of nitrogens with zero attached hydrogens (tertiary/aromatic N) is 1. The molecule has 0 atom stereocenters. The van der Waals surface area contributed by atoms with Crippen molar-refractivity contribution >= 4 is 0 Å². The molecule has 0 N–H and O–H groups in total. The van der Waals surface area contributed by atoms with E-state index in [1.165, 1.54) is 7.05 Å². The van der Waals surface area contributed by atoms with E-state index in [1.54, 1.807) is 0 Å². The maximum absolute atomic E-state index is 12.9. The van der Waals surface area contributed by atoms with Crippen LogP contribution in [0.15, 0.2) is 18.2 Å². The van der Waals surface area contributed by atoms with E-state index in [1.807, 2.05) is 0 Å². The van der Waals surface area contributed by atoms with E-state index < -0.39 is 36.7 Å². The monoisotopic (exact) mass is 303 g/mol. The number of rotatable bonds is 4. The highest BCUT2D eigenvalue weighted by Crippen LogP contribution is 2.33. The Hall–Kier alpha value is -1.31. The van der Waals surface area contributed by atoms with E-state index in [0.29, 0.717) is 6.07 Å². The molecule has 20 heavy (non-hydrogen) atoms. The minimum absolute atomic E-state index is 0.261. The van der Waals surface area contributed by atoms with Crippen LogP contribution in [0.5, 0.6) is 0 Å². The second-order valence-corrected chi connectivity index (χ2v) is 4.40. The van der Waals surface area contributed by atoms with Crippen molar-refractivity contribution in [3.05, 3.63) is 35.1 Å². The molecule has 0 spiro atoms. The lowest BCUT2D eigenvalue weighted by atomic mass is 10.1. The van der Waals surface area contributed by atoms with Crippen LogP contribution in [-0.2, 0) is 12.7 Å². The minimum atomic E-state index is -4.75. The largest absolute Gasteiger partial charge is 0.416 e. The Balaban J connectivity index is 2.82. The first-order chi connectivity index (χ1) is 8.99. The van der Waals surface area contributed by atoms with Crippen LogP contribution in [0, 0.1) is 5.82 Å². The third kappa shape index (κ3) is 5.36. The fraction of sp³-hybridized carbons (Fsp3) is 0.500. The maximum atomic E-state index is 12.9. The van der Waals surface area contributed by atoms with Crippen LogP contribution in [0.3, 0.4) is 0 Å². The molecule has 0 heterocycles. The van der Waals surface area contributed by atoms with Gasteiger partial charge in [-0.3, -0.25) is 0 Å². The van der Waals surface area contributed by atoms with Crippen molar-refractivity contribution in [2.24, 2.45) is 0 Å². The first kappa shape index (κ1) is 16.7. The summed E-state index contributed by atoms with van der Waals surface area (Å²) < 4.78 is 87.0. The normalized spacial score (nSPS) is 13.1. The second kappa shape index (κ2) is 5.99. The Morgan fingerprint density at radius 3 is 2.15 bits per heavy atom. The zero-order valence-corrected chi connectivity index (χ0v) is 10.4. The molecule has 1 aromatic carbocycles. The average molecular weight is 303 g/mol. The van der Waals surface area contributed by atoms with Gasteiger partial charge in [-0.05, 0) is 24.7 Å². The lowest BCUT2D eigenvalue weighted by Gasteiger charge is -2.20. The number of hydrogen-bond donors (Lipinski definition) is 0. The van der Waals surface area contributed by atoms with E-state index >= 15 is 0 Å². The van der Waals surface area contributed by atoms with Gasteiger partial charge in [0.25, 0.3) is 0 Å². The standard InChI is InChI=1S/C12H12F7N/c1-20(5-4-11(14,15)16)7-8-2-3-9(13)6-10(8)12(17,18)19/h2-3,6H,4-5,7H2,1H3. The van der Waals surface area contributed by atoms with Gasteiger partial charge in [0.05, 0.1) is 12.0 Å². The quantitative estimate of drug-likeness (QED) is 0.752. The van der Waals surface area contributed by atoms with Gasteiger partial charge in [0.1, 0.15) is 5.82 Å². The molecule has 0 aliphatic heterocycles. The van der Waals surface area contributed by atoms with Gasteiger partial charge in [0.2, 0.25) is 0 Å². The van der Waals surface area contributed by atoms with Crippen LogP contribution in [0.1, 0.15) is 17.5 Å². The average Bonchev–Trinajstić information content (AvgIpc) is 2.26. The van der Waals surface area contributed by atoms with Crippen molar-refractivity contribution in [3.8, 4) is 0 Å². The van der Waals surface area contributed by atoms with Crippen molar-refractivity contribution in [1.29, 1.82) is 0 Å². The molecule has 114 valence electrons. The van der Waals surface area contributed by atoms with E-state index in [-0.39, 0.29) is 12.1 Å². The predicted octanol–water partition coefficient (Wildman–Crippen LogP) is 4.23. The number of hydrogen-bond acceptors (Lipinski definition) is 1. The third-order valence-electron chi connectivity index (χ3n) is 2.59. The summed E-state index contributed by atoms with van der Waals surface area (Å²) in [6.07, 6.45) is -10.2. The smallest absolute Gasteiger partial charge is 0.302 e. The van der Waals surface area contributed by atoms with Gasteiger partial charge < -0.3 is 4.90 Å². The van der Waals surface area contributed by atoms with Crippen LogP contribution in [-0.4, -0.2) is 24.7 Å². The van der Waals surface area contributed by atoms with Gasteiger partial charge in [-0.25, -0.2) is 4.39 Å². The van der Waals surface area contributed by atoms with Crippen LogP contribution in [0.2, 0.25) is 0 Å². The second-order valence-electron chi connectivity index (χ2n) is 4.40. The lowest BCUT2D eigenvalue weighted by molar-refractivity contribution is -0.140. The van der Waals surface area contributed by atoms with Crippen molar-refractivity contribution in [2.45, 2.75) is 25.3 Å². The van der Waals surface area contributed by atoms with Gasteiger partial charge in [0.15, 0.2) is 0 Å². The Kier molecular flexibility index (Phi) is 5.01. The molecule has 0 aliphatic rings. The summed E-state index contributed by atoms with van der Waals surface area (Å²) in [6.45, 7) is -0.774. The van der Waals surface area contributed by atoms with Gasteiger partial charge in [-0.15, -0.1) is 0 Å². The molecule has 1 rings (SSSR count). The molecular weight excluding hydrogens is 291 g/mol. The Bertz CT molecular complexity index is 450. The van der Waals surface area contributed by atoms with Crippen molar-refractivity contribution < 1.29 is 30.7 Å². The van der Waals surface area contributed by atoms with Crippen molar-refractivity contribution in [2.75, 3.05) is 13.6 Å². The summed E-state index contributed by atoms with van der Waals surface area (Å²) >= 11 is 0. The lowest BCUT2D eigenvalue weighted by Crippen LogP contribution is -2.25. The summed E-state index contributed by atoms with van der Waals surface area (Å²) in [6, 6.07) is 2.12. The molecule has 0 fully saturated rings. The summed E-state index contributed by atoms with van der Waals surface area (Å²) in [4.78, 5) is 1.11. The molecule has 0 saturated heterocycles. The van der Waals surface area contributed by atoms with Gasteiger partial charge in [-0.1, -0.05) is 6.07 Å². The zero-order chi connectivity index (χ0) is 15.6. The number of alkyl halides is 6. The van der Waals surface area contributed by atoms with Crippen LogP contribution < -0.4 is 0 Å². The molecule has 0 radical (unpaired) electrons. The van der Waals surface area contributed by atoms with Crippen molar-refractivity contribution in [3.63, 3.8) is 0 Å². The Labute approximate surface area is 111 Å². The molecule has 0 amide bonds. The third-order valence-corrected chi connectivity index (χ3v) is 2.59. The van der Waals surface area contributed by atoms with E-state index in [4.69, 9.17) is 0 Å². The zero-order valence-electron chi connectivity index (χ0n) is 10.4. The van der Waals surface area contributed by atoms with Gasteiger partial charge in [0, 0.05) is 13.1 Å². The molecule has 0 bridgehead atoms. The predicted molar refractivity (Wildman–Crippen MR) is 58.4 cm³/mol. The topological polar surface area (TPSA) is 3.24 Å². The van der Waals surface area contributed by atoms with Gasteiger partial charge in [-0.2, -0.15) is 26.3 Å². The Morgan fingerprint density at radius 1 is 1.05 bits per heavy atom. The van der Waals surface area contributed by atoms with Crippen LogP contribution in [0.4, 0.5) is 30.7 Å². The van der Waals surface area contributed by atoms with E-state index in [0.717, 1.165) is 17.0 Å². The highest BCUT2D eigenvalue weighted by molar-refractivity contribution is 5.30. The van der Waals surface area contributed by atoms with Crippen LogP contribution >= 0.6 is 0 Å². The summed E-state index contributed by atoms with van der Waals surface area (Å²) in [5, 5.41) is 0. The summed E-state index contributed by atoms with van der Waals surface area (Å²) in [5.41, 5.74) is -1.43.